The molecule has 0 aromatic heterocycles. The Labute approximate surface area is 261 Å². The summed E-state index contributed by atoms with van der Waals surface area (Å²) < 4.78 is 30.5. The van der Waals surface area contributed by atoms with E-state index in [1.165, 1.54) is 6.92 Å². The number of hydrogen-bond donors (Lipinski definition) is 6. The van der Waals surface area contributed by atoms with E-state index in [1.807, 2.05) is 0 Å². The van der Waals surface area contributed by atoms with E-state index in [4.69, 9.17) is 55.1 Å². The molecule has 0 aliphatic carbocycles. The molecular weight excluding hydrogens is 596 g/mol. The van der Waals surface area contributed by atoms with Crippen molar-refractivity contribution < 1.29 is 57.8 Å². The summed E-state index contributed by atoms with van der Waals surface area (Å²) in [4.78, 5) is 42.1. The molecule has 0 radical (unpaired) electrons. The van der Waals surface area contributed by atoms with Crippen LogP contribution in [0.15, 0.2) is 48.5 Å². The van der Waals surface area contributed by atoms with Gasteiger partial charge in [0.15, 0.2) is 12.1 Å². The highest BCUT2D eigenvalue weighted by molar-refractivity contribution is 6.23. The molecule has 252 valence electrons. The summed E-state index contributed by atoms with van der Waals surface area (Å²) in [6.07, 6.45) is 0.278. The molecule has 0 heterocycles. The van der Waals surface area contributed by atoms with E-state index in [9.17, 15) is 14.4 Å². The van der Waals surface area contributed by atoms with E-state index < -0.39 is 17.7 Å². The van der Waals surface area contributed by atoms with Crippen molar-refractivity contribution in [2.45, 2.75) is 6.92 Å². The van der Waals surface area contributed by atoms with Crippen molar-refractivity contribution in [3.63, 3.8) is 0 Å². The van der Waals surface area contributed by atoms with Gasteiger partial charge in [-0.25, -0.2) is 9.59 Å². The fraction of sp³-hybridized carbons (Fsp3) is 0.448. The molecule has 0 fully saturated rings. The monoisotopic (exact) mass is 640 g/mol. The van der Waals surface area contributed by atoms with E-state index in [0.717, 1.165) is 0 Å². The molecule has 0 aliphatic rings. The van der Waals surface area contributed by atoms with Gasteiger partial charge < -0.3 is 49.5 Å². The van der Waals surface area contributed by atoms with Crippen LogP contribution >= 0.6 is 0 Å². The lowest BCUT2D eigenvalue weighted by molar-refractivity contribution is -0.128. The van der Waals surface area contributed by atoms with E-state index in [1.54, 1.807) is 48.5 Å². The molecule has 2 aromatic rings. The van der Waals surface area contributed by atoms with Crippen molar-refractivity contribution in [2.75, 3.05) is 90.1 Å². The maximum atomic E-state index is 11.8. The zero-order valence-electron chi connectivity index (χ0n) is 25.3. The summed E-state index contributed by atoms with van der Waals surface area (Å²) in [6, 6.07) is 13.6. The fourth-order valence-electron chi connectivity index (χ4n) is 2.89. The number of esters is 2. The summed E-state index contributed by atoms with van der Waals surface area (Å²) >= 11 is 0. The number of hydrogen-bond acceptors (Lipinski definition) is 16. The highest BCUT2D eigenvalue weighted by Gasteiger charge is 2.12. The molecule has 0 amide bonds. The van der Waals surface area contributed by atoms with Crippen LogP contribution in [0.4, 0.5) is 11.4 Å². The van der Waals surface area contributed by atoms with Gasteiger partial charge in [-0.15, -0.1) is 0 Å². The smallest absolute Gasteiger partial charge is 0.340 e. The molecule has 0 atom stereocenters. The number of ketones is 1. The van der Waals surface area contributed by atoms with Crippen LogP contribution in [0, 0.1) is 0 Å². The van der Waals surface area contributed by atoms with E-state index in [2.05, 4.69) is 10.9 Å². The minimum absolute atomic E-state index is 0.00774. The van der Waals surface area contributed by atoms with Gasteiger partial charge in [0.05, 0.1) is 88.6 Å². The Morgan fingerprint density at radius 3 is 1.24 bits per heavy atom. The summed E-state index contributed by atoms with van der Waals surface area (Å²) in [7, 11) is 0. The predicted molar refractivity (Wildman–Crippen MR) is 163 cm³/mol. The molecule has 16 heteroatoms. The number of carbonyl (C=O) groups is 4. The van der Waals surface area contributed by atoms with Crippen LogP contribution in [0.5, 0.6) is 0 Å². The third-order valence-electron chi connectivity index (χ3n) is 4.91. The summed E-state index contributed by atoms with van der Waals surface area (Å²) in [5.41, 5.74) is 6.65. The van der Waals surface area contributed by atoms with Crippen LogP contribution in [0.1, 0.15) is 27.6 Å². The minimum Gasteiger partial charge on any atom is -0.460 e. The average Bonchev–Trinajstić information content (AvgIpc) is 3.07. The number of ether oxygens (including phenoxy) is 6. The van der Waals surface area contributed by atoms with Gasteiger partial charge in [-0.05, 0) is 24.3 Å². The zero-order valence-corrected chi connectivity index (χ0v) is 25.3. The van der Waals surface area contributed by atoms with Gasteiger partial charge in [0.1, 0.15) is 13.2 Å². The van der Waals surface area contributed by atoms with Crippen LogP contribution in [0.2, 0.25) is 0 Å². The number of para-hydroxylation sites is 2. The largest absolute Gasteiger partial charge is 0.460 e. The number of anilines is 2. The first-order valence-electron chi connectivity index (χ1n) is 13.8. The standard InChI is InChI=1S/2C13H20N2O5.C3H4O2/c2*14-15-12-4-2-1-3-11(12)13(17)20-10-9-19-8-7-18-6-5-16;1-3(5)2-4/h2*1-4,15-16H,5-10,14H2;2H,1H3. The number of aliphatic hydroxyl groups is 2. The number of Topliss-reactive ketones (excluding diaryl/α,β-unsaturated/α-hetero) is 1. The van der Waals surface area contributed by atoms with E-state index in [0.29, 0.717) is 62.1 Å². The second-order valence-corrected chi connectivity index (χ2v) is 8.28. The molecule has 16 nitrogen and oxygen atoms in total. The summed E-state index contributed by atoms with van der Waals surface area (Å²) in [6.45, 7) is 4.22. The molecule has 0 aliphatic heterocycles. The SMILES string of the molecule is CC(=O)C=O.NNc1ccccc1C(=O)OCCOCCOCCO.NNc1ccccc1C(=O)OCCOCCOCCO. The van der Waals surface area contributed by atoms with Crippen LogP contribution in [-0.4, -0.2) is 114 Å². The van der Waals surface area contributed by atoms with Crippen LogP contribution in [0.3, 0.4) is 0 Å². The molecule has 45 heavy (non-hydrogen) atoms. The quantitative estimate of drug-likeness (QED) is 0.0264. The number of aliphatic hydroxyl groups excluding tert-OH is 2. The van der Waals surface area contributed by atoms with Crippen molar-refractivity contribution >= 4 is 35.4 Å². The van der Waals surface area contributed by atoms with Gasteiger partial charge in [0.2, 0.25) is 0 Å². The highest BCUT2D eigenvalue weighted by atomic mass is 16.6. The maximum Gasteiger partial charge on any atom is 0.340 e. The van der Waals surface area contributed by atoms with Gasteiger partial charge in [-0.3, -0.25) is 21.3 Å². The molecule has 8 N–H and O–H groups in total. The summed E-state index contributed by atoms with van der Waals surface area (Å²) in [5.74, 6) is 9.27. The number of nitrogen functional groups attached to an aromatic ring is 2. The molecule has 0 saturated carbocycles. The van der Waals surface area contributed by atoms with Gasteiger partial charge in [-0.2, -0.15) is 0 Å². The van der Waals surface area contributed by atoms with Crippen LogP contribution in [0.25, 0.3) is 0 Å². The second-order valence-electron chi connectivity index (χ2n) is 8.28. The third kappa shape index (κ3) is 21.4. The lowest BCUT2D eigenvalue weighted by Gasteiger charge is -2.09. The average molecular weight is 641 g/mol. The van der Waals surface area contributed by atoms with Crippen LogP contribution in [-0.2, 0) is 38.0 Å². The predicted octanol–water partition coefficient (Wildman–Crippen LogP) is 0.0833. The first kappa shape index (κ1) is 41.0. The maximum absolute atomic E-state index is 11.8. The van der Waals surface area contributed by atoms with E-state index >= 15 is 0 Å². The first-order valence-corrected chi connectivity index (χ1v) is 13.8. The Balaban J connectivity index is 0.000000748. The number of hydrazine groups is 2. The Bertz CT molecular complexity index is 1020. The van der Waals surface area contributed by atoms with Crippen LogP contribution < -0.4 is 22.5 Å². The Morgan fingerprint density at radius 2 is 0.933 bits per heavy atom. The first-order chi connectivity index (χ1) is 21.9. The lowest BCUT2D eigenvalue weighted by Crippen LogP contribution is -2.16. The molecule has 0 unspecified atom stereocenters. The van der Waals surface area contributed by atoms with Gasteiger partial charge in [0, 0.05) is 6.92 Å². The normalized spacial score (nSPS) is 9.89. The highest BCUT2D eigenvalue weighted by Crippen LogP contribution is 2.15. The molecular formula is C29H44N4O12. The number of carbonyl (C=O) groups excluding carboxylic acids is 4. The van der Waals surface area contributed by atoms with Crippen molar-refractivity contribution in [1.82, 2.24) is 0 Å². The minimum atomic E-state index is -0.460. The van der Waals surface area contributed by atoms with Gasteiger partial charge in [-0.1, -0.05) is 24.3 Å². The van der Waals surface area contributed by atoms with Crippen molar-refractivity contribution in [2.24, 2.45) is 11.7 Å². The van der Waals surface area contributed by atoms with Crippen molar-refractivity contribution in [3.8, 4) is 0 Å². The second kappa shape index (κ2) is 28.8. The number of nitrogens with one attached hydrogen (secondary N) is 2. The van der Waals surface area contributed by atoms with E-state index in [-0.39, 0.29) is 45.9 Å². The van der Waals surface area contributed by atoms with Crippen molar-refractivity contribution in [1.29, 1.82) is 0 Å². The molecule has 2 aromatic carbocycles. The molecule has 0 bridgehead atoms. The number of benzene rings is 2. The fourth-order valence-corrected chi connectivity index (χ4v) is 2.89. The molecule has 2 rings (SSSR count). The van der Waals surface area contributed by atoms with Gasteiger partial charge >= 0.3 is 11.9 Å². The number of rotatable bonds is 21. The molecule has 0 spiro atoms. The summed E-state index contributed by atoms with van der Waals surface area (Å²) in [5, 5.41) is 17.0. The Kier molecular flexibility index (Phi) is 26.2. The number of aldehydes is 1. The number of nitrogens with two attached hydrogens (primary N) is 2. The third-order valence-corrected chi connectivity index (χ3v) is 4.91. The lowest BCUT2D eigenvalue weighted by atomic mass is 10.2. The Morgan fingerprint density at radius 1 is 0.622 bits per heavy atom. The zero-order chi connectivity index (χ0) is 33.5. The molecule has 0 saturated heterocycles. The van der Waals surface area contributed by atoms with Crippen molar-refractivity contribution in [3.05, 3.63) is 59.7 Å². The Hall–Kier alpha value is -4.00. The van der Waals surface area contributed by atoms with Gasteiger partial charge in [0.25, 0.3) is 0 Å². The topological polar surface area (TPSA) is 240 Å².